The number of hydrogen-bond donors (Lipinski definition) is 1. The highest BCUT2D eigenvalue weighted by molar-refractivity contribution is 5.27. The molecule has 5 nitrogen and oxygen atoms in total. The molecule has 2 heterocycles. The molecule has 0 amide bonds. The van der Waals surface area contributed by atoms with E-state index in [0.29, 0.717) is 12.4 Å². The highest BCUT2D eigenvalue weighted by Gasteiger charge is 2.00. The van der Waals surface area contributed by atoms with Crippen molar-refractivity contribution >= 4 is 5.82 Å². The molecule has 0 saturated heterocycles. The second-order valence-corrected chi connectivity index (χ2v) is 2.94. The van der Waals surface area contributed by atoms with Crippen molar-refractivity contribution in [2.75, 3.05) is 5.73 Å². The molecule has 0 fully saturated rings. The SMILES string of the molecule is Cn1cc(Cn2nccc2N)cn1. The Kier molecular flexibility index (Phi) is 1.77. The van der Waals surface area contributed by atoms with Crippen LogP contribution in [0.4, 0.5) is 5.82 Å². The average molecular weight is 177 g/mol. The molecule has 2 aromatic rings. The third-order valence-corrected chi connectivity index (χ3v) is 1.84. The van der Waals surface area contributed by atoms with E-state index in [1.807, 2.05) is 13.2 Å². The summed E-state index contributed by atoms with van der Waals surface area (Å²) in [7, 11) is 1.88. The molecule has 5 heteroatoms. The van der Waals surface area contributed by atoms with Crippen molar-refractivity contribution < 1.29 is 0 Å². The zero-order valence-corrected chi connectivity index (χ0v) is 7.38. The van der Waals surface area contributed by atoms with E-state index in [2.05, 4.69) is 10.2 Å². The van der Waals surface area contributed by atoms with Gasteiger partial charge in [-0.15, -0.1) is 0 Å². The summed E-state index contributed by atoms with van der Waals surface area (Å²) in [6.07, 6.45) is 5.44. The van der Waals surface area contributed by atoms with Crippen LogP contribution in [0, 0.1) is 0 Å². The van der Waals surface area contributed by atoms with Crippen molar-refractivity contribution in [3.63, 3.8) is 0 Å². The lowest BCUT2D eigenvalue weighted by Gasteiger charge is -1.99. The van der Waals surface area contributed by atoms with E-state index in [1.165, 1.54) is 0 Å². The van der Waals surface area contributed by atoms with Gasteiger partial charge in [0.15, 0.2) is 0 Å². The van der Waals surface area contributed by atoms with Gasteiger partial charge in [-0.3, -0.25) is 4.68 Å². The monoisotopic (exact) mass is 177 g/mol. The van der Waals surface area contributed by atoms with Gasteiger partial charge in [0.05, 0.1) is 18.9 Å². The van der Waals surface area contributed by atoms with Gasteiger partial charge in [0, 0.05) is 18.8 Å². The van der Waals surface area contributed by atoms with Crippen molar-refractivity contribution in [3.05, 3.63) is 30.2 Å². The largest absolute Gasteiger partial charge is 0.384 e. The summed E-state index contributed by atoms with van der Waals surface area (Å²) in [6.45, 7) is 0.673. The van der Waals surface area contributed by atoms with Crippen LogP contribution in [0.1, 0.15) is 5.56 Å². The molecule has 0 radical (unpaired) electrons. The van der Waals surface area contributed by atoms with E-state index in [4.69, 9.17) is 5.73 Å². The summed E-state index contributed by atoms with van der Waals surface area (Å²) < 4.78 is 3.49. The standard InChI is InChI=1S/C8H11N5/c1-12-5-7(4-11-12)6-13-8(9)2-3-10-13/h2-5H,6,9H2,1H3. The summed E-state index contributed by atoms with van der Waals surface area (Å²) in [5.41, 5.74) is 6.76. The van der Waals surface area contributed by atoms with Gasteiger partial charge in [0.25, 0.3) is 0 Å². The van der Waals surface area contributed by atoms with E-state index in [1.54, 1.807) is 27.8 Å². The first-order chi connectivity index (χ1) is 6.25. The topological polar surface area (TPSA) is 61.7 Å². The summed E-state index contributed by atoms with van der Waals surface area (Å²) in [5.74, 6) is 0.670. The van der Waals surface area contributed by atoms with E-state index >= 15 is 0 Å². The van der Waals surface area contributed by atoms with Crippen LogP contribution in [-0.4, -0.2) is 19.6 Å². The number of nitrogen functional groups attached to an aromatic ring is 1. The molecule has 2 aromatic heterocycles. The number of hydrogen-bond acceptors (Lipinski definition) is 3. The Hall–Kier alpha value is -1.78. The van der Waals surface area contributed by atoms with Gasteiger partial charge in [-0.2, -0.15) is 10.2 Å². The van der Waals surface area contributed by atoms with Crippen LogP contribution in [0.2, 0.25) is 0 Å². The quantitative estimate of drug-likeness (QED) is 0.715. The molecule has 0 aliphatic carbocycles. The molecule has 0 saturated carbocycles. The second kappa shape index (κ2) is 2.93. The first-order valence-corrected chi connectivity index (χ1v) is 4.00. The molecular weight excluding hydrogens is 166 g/mol. The van der Waals surface area contributed by atoms with Crippen LogP contribution in [0.25, 0.3) is 0 Å². The predicted octanol–water partition coefficient (Wildman–Crippen LogP) is 0.247. The fraction of sp³-hybridized carbons (Fsp3) is 0.250. The first-order valence-electron chi connectivity index (χ1n) is 4.00. The molecule has 0 aliphatic heterocycles. The second-order valence-electron chi connectivity index (χ2n) is 2.94. The first kappa shape index (κ1) is 7.85. The van der Waals surface area contributed by atoms with Gasteiger partial charge in [-0.1, -0.05) is 0 Å². The Balaban J connectivity index is 2.19. The van der Waals surface area contributed by atoms with E-state index < -0.39 is 0 Å². The van der Waals surface area contributed by atoms with E-state index in [9.17, 15) is 0 Å². The molecule has 2 rings (SSSR count). The Morgan fingerprint density at radius 2 is 2.31 bits per heavy atom. The smallest absolute Gasteiger partial charge is 0.122 e. The number of nitrogens with two attached hydrogens (primary N) is 1. The Morgan fingerprint density at radius 1 is 1.46 bits per heavy atom. The van der Waals surface area contributed by atoms with Gasteiger partial charge in [-0.25, -0.2) is 4.68 Å². The maximum absolute atomic E-state index is 5.67. The molecular formula is C8H11N5. The Labute approximate surface area is 75.8 Å². The Bertz CT molecular complexity index is 400. The average Bonchev–Trinajstić information content (AvgIpc) is 2.64. The van der Waals surface area contributed by atoms with Crippen molar-refractivity contribution in [2.24, 2.45) is 7.05 Å². The maximum Gasteiger partial charge on any atom is 0.122 e. The minimum Gasteiger partial charge on any atom is -0.384 e. The zero-order chi connectivity index (χ0) is 9.26. The third kappa shape index (κ3) is 1.53. The van der Waals surface area contributed by atoms with Gasteiger partial charge in [-0.05, 0) is 6.07 Å². The summed E-state index contributed by atoms with van der Waals surface area (Å²) in [6, 6.07) is 1.77. The van der Waals surface area contributed by atoms with Crippen molar-refractivity contribution in [1.29, 1.82) is 0 Å². The van der Waals surface area contributed by atoms with Crippen molar-refractivity contribution in [1.82, 2.24) is 19.6 Å². The molecule has 13 heavy (non-hydrogen) atoms. The molecule has 0 spiro atoms. The van der Waals surface area contributed by atoms with Crippen molar-refractivity contribution in [2.45, 2.75) is 6.54 Å². The van der Waals surface area contributed by atoms with Crippen LogP contribution in [0.5, 0.6) is 0 Å². The number of nitrogens with zero attached hydrogens (tertiary/aromatic N) is 4. The van der Waals surface area contributed by atoms with E-state index in [-0.39, 0.29) is 0 Å². The number of rotatable bonds is 2. The zero-order valence-electron chi connectivity index (χ0n) is 7.38. The summed E-state index contributed by atoms with van der Waals surface area (Å²) in [4.78, 5) is 0. The van der Waals surface area contributed by atoms with Gasteiger partial charge < -0.3 is 5.73 Å². The summed E-state index contributed by atoms with van der Waals surface area (Å²) in [5, 5.41) is 8.14. The predicted molar refractivity (Wildman–Crippen MR) is 48.9 cm³/mol. The molecule has 0 unspecified atom stereocenters. The van der Waals surface area contributed by atoms with Crippen LogP contribution in [-0.2, 0) is 13.6 Å². The molecule has 0 atom stereocenters. The number of aromatic nitrogens is 4. The molecule has 0 aliphatic rings. The van der Waals surface area contributed by atoms with E-state index in [0.717, 1.165) is 5.56 Å². The molecule has 68 valence electrons. The fourth-order valence-corrected chi connectivity index (χ4v) is 1.20. The van der Waals surface area contributed by atoms with Crippen LogP contribution in [0.3, 0.4) is 0 Å². The lowest BCUT2D eigenvalue weighted by Crippen LogP contribution is -2.04. The van der Waals surface area contributed by atoms with Crippen LogP contribution < -0.4 is 5.73 Å². The molecule has 0 bridgehead atoms. The fourth-order valence-electron chi connectivity index (χ4n) is 1.20. The van der Waals surface area contributed by atoms with Gasteiger partial charge in [0.1, 0.15) is 5.82 Å². The van der Waals surface area contributed by atoms with Gasteiger partial charge in [0.2, 0.25) is 0 Å². The normalized spacial score (nSPS) is 10.5. The molecule has 0 aromatic carbocycles. The summed E-state index contributed by atoms with van der Waals surface area (Å²) >= 11 is 0. The number of anilines is 1. The Morgan fingerprint density at radius 3 is 2.85 bits per heavy atom. The van der Waals surface area contributed by atoms with Gasteiger partial charge >= 0.3 is 0 Å². The van der Waals surface area contributed by atoms with Crippen LogP contribution >= 0.6 is 0 Å². The van der Waals surface area contributed by atoms with Crippen molar-refractivity contribution in [3.8, 4) is 0 Å². The molecule has 2 N–H and O–H groups in total. The third-order valence-electron chi connectivity index (χ3n) is 1.84. The minimum absolute atomic E-state index is 0.670. The maximum atomic E-state index is 5.67. The minimum atomic E-state index is 0.670. The lowest BCUT2D eigenvalue weighted by molar-refractivity contribution is 0.695. The highest BCUT2D eigenvalue weighted by Crippen LogP contribution is 2.04. The number of aryl methyl sites for hydroxylation is 1. The van der Waals surface area contributed by atoms with Crippen LogP contribution in [0.15, 0.2) is 24.7 Å². The highest BCUT2D eigenvalue weighted by atomic mass is 15.3. The lowest BCUT2D eigenvalue weighted by atomic mass is 10.4.